The molecule has 78 valence electrons. The van der Waals surface area contributed by atoms with Crippen LogP contribution >= 0.6 is 0 Å². The minimum atomic E-state index is -2.24. The molecule has 14 heavy (non-hydrogen) atoms. The zero-order chi connectivity index (χ0) is 10.4. The van der Waals surface area contributed by atoms with Gasteiger partial charge in [-0.1, -0.05) is 18.2 Å². The molecule has 0 saturated carbocycles. The summed E-state index contributed by atoms with van der Waals surface area (Å²) < 4.78 is 21.0. The molecule has 1 rings (SSSR count). The van der Waals surface area contributed by atoms with E-state index in [1.807, 2.05) is 30.3 Å². The van der Waals surface area contributed by atoms with Crippen molar-refractivity contribution in [2.24, 2.45) is 4.36 Å². The fourth-order valence-electron chi connectivity index (χ4n) is 1.05. The van der Waals surface area contributed by atoms with E-state index < -0.39 is 9.73 Å². The van der Waals surface area contributed by atoms with Crippen molar-refractivity contribution in [2.45, 2.75) is 4.90 Å². The molecule has 0 radical (unpaired) electrons. The predicted molar refractivity (Wildman–Crippen MR) is 57.9 cm³/mol. The summed E-state index contributed by atoms with van der Waals surface area (Å²) in [6.07, 6.45) is 1.65. The van der Waals surface area contributed by atoms with Crippen molar-refractivity contribution in [3.05, 3.63) is 30.3 Å². The monoisotopic (exact) mass is 213 g/mol. The smallest absolute Gasteiger partial charge is 0.0723 e. The summed E-state index contributed by atoms with van der Waals surface area (Å²) in [5.74, 6) is 0. The highest BCUT2D eigenvalue weighted by Gasteiger charge is 2.03. The maximum absolute atomic E-state index is 12.0. The molecule has 0 bridgehead atoms. The van der Waals surface area contributed by atoms with E-state index in [1.54, 1.807) is 13.4 Å². The van der Waals surface area contributed by atoms with Gasteiger partial charge in [-0.3, -0.25) is 0 Å². The Morgan fingerprint density at radius 3 is 2.57 bits per heavy atom. The van der Waals surface area contributed by atoms with Crippen LogP contribution in [0, 0.1) is 0 Å². The first-order chi connectivity index (χ1) is 6.67. The molecule has 0 aliphatic carbocycles. The molecule has 0 fully saturated rings. The molecule has 1 aromatic carbocycles. The van der Waals surface area contributed by atoms with Crippen molar-refractivity contribution in [1.82, 2.24) is 0 Å². The molecule has 0 aliphatic rings. The standard InChI is InChI=1S/C10H15NO2S/c1-13-9-8-11-14(2,12)10-6-4-3-5-7-10/h3-7H,8-9H2,1-2H3/t14-/m0/s1. The molecular formula is C10H15NO2S. The van der Waals surface area contributed by atoms with Crippen molar-refractivity contribution < 1.29 is 8.95 Å². The minimum Gasteiger partial charge on any atom is -0.383 e. The van der Waals surface area contributed by atoms with Crippen LogP contribution in [0.2, 0.25) is 0 Å². The SMILES string of the molecule is COCCN=[S@@](C)(=O)c1ccccc1. The lowest BCUT2D eigenvalue weighted by Crippen LogP contribution is -2.01. The van der Waals surface area contributed by atoms with E-state index in [9.17, 15) is 4.21 Å². The molecule has 3 nitrogen and oxygen atoms in total. The van der Waals surface area contributed by atoms with Gasteiger partial charge in [0.15, 0.2) is 0 Å². The second-order valence-electron chi connectivity index (χ2n) is 2.96. The first-order valence-electron chi connectivity index (χ1n) is 4.39. The van der Waals surface area contributed by atoms with Crippen molar-refractivity contribution >= 4 is 9.73 Å². The minimum absolute atomic E-state index is 0.473. The van der Waals surface area contributed by atoms with Gasteiger partial charge in [-0.25, -0.2) is 8.57 Å². The number of nitrogens with zero attached hydrogens (tertiary/aromatic N) is 1. The zero-order valence-corrected chi connectivity index (χ0v) is 9.29. The zero-order valence-electron chi connectivity index (χ0n) is 8.47. The van der Waals surface area contributed by atoms with Gasteiger partial charge in [0.2, 0.25) is 0 Å². The molecule has 0 saturated heterocycles. The highest BCUT2D eigenvalue weighted by molar-refractivity contribution is 7.93. The molecule has 0 spiro atoms. The Morgan fingerprint density at radius 2 is 2.00 bits per heavy atom. The van der Waals surface area contributed by atoms with Crippen LogP contribution in [0.3, 0.4) is 0 Å². The van der Waals surface area contributed by atoms with Gasteiger partial charge in [0.05, 0.1) is 22.9 Å². The first kappa shape index (κ1) is 11.2. The van der Waals surface area contributed by atoms with E-state index in [2.05, 4.69) is 4.36 Å². The molecule has 0 amide bonds. The topological polar surface area (TPSA) is 38.7 Å². The number of methoxy groups -OCH3 is 1. The van der Waals surface area contributed by atoms with E-state index in [0.717, 1.165) is 4.90 Å². The van der Waals surface area contributed by atoms with Gasteiger partial charge in [-0.15, -0.1) is 0 Å². The van der Waals surface area contributed by atoms with Gasteiger partial charge in [-0.05, 0) is 12.1 Å². The summed E-state index contributed by atoms with van der Waals surface area (Å²) in [5.41, 5.74) is 0. The highest BCUT2D eigenvalue weighted by atomic mass is 32.2. The second kappa shape index (κ2) is 5.12. The molecule has 0 N–H and O–H groups in total. The maximum Gasteiger partial charge on any atom is 0.0723 e. The first-order valence-corrected chi connectivity index (χ1v) is 6.31. The van der Waals surface area contributed by atoms with Crippen molar-refractivity contribution in [2.75, 3.05) is 26.5 Å². The van der Waals surface area contributed by atoms with Crippen LogP contribution in [-0.2, 0) is 14.5 Å². The van der Waals surface area contributed by atoms with Crippen molar-refractivity contribution in [3.8, 4) is 0 Å². The molecule has 1 aromatic rings. The summed E-state index contributed by atoms with van der Waals surface area (Å²) in [7, 11) is -0.631. The molecule has 0 unspecified atom stereocenters. The number of hydrogen-bond acceptors (Lipinski definition) is 3. The lowest BCUT2D eigenvalue weighted by Gasteiger charge is -2.03. The molecule has 4 heteroatoms. The molecule has 1 atom stereocenters. The van der Waals surface area contributed by atoms with E-state index in [0.29, 0.717) is 13.2 Å². The van der Waals surface area contributed by atoms with Crippen LogP contribution < -0.4 is 0 Å². The van der Waals surface area contributed by atoms with Crippen molar-refractivity contribution in [1.29, 1.82) is 0 Å². The van der Waals surface area contributed by atoms with Gasteiger partial charge >= 0.3 is 0 Å². The van der Waals surface area contributed by atoms with Crippen LogP contribution in [0.1, 0.15) is 0 Å². The summed E-state index contributed by atoms with van der Waals surface area (Å²) >= 11 is 0. The Kier molecular flexibility index (Phi) is 4.10. The predicted octanol–water partition coefficient (Wildman–Crippen LogP) is 1.79. The molecular weight excluding hydrogens is 198 g/mol. The Bertz CT molecular complexity index is 380. The highest BCUT2D eigenvalue weighted by Crippen LogP contribution is 2.09. The van der Waals surface area contributed by atoms with E-state index in [1.165, 1.54) is 0 Å². The number of ether oxygens (including phenoxy) is 1. The van der Waals surface area contributed by atoms with Gasteiger partial charge < -0.3 is 4.74 Å². The van der Waals surface area contributed by atoms with E-state index in [-0.39, 0.29) is 0 Å². The lowest BCUT2D eigenvalue weighted by molar-refractivity contribution is 0.208. The Morgan fingerprint density at radius 1 is 1.36 bits per heavy atom. The molecule has 0 aliphatic heterocycles. The Labute approximate surface area is 85.3 Å². The van der Waals surface area contributed by atoms with Crippen LogP contribution in [0.5, 0.6) is 0 Å². The maximum atomic E-state index is 12.0. The van der Waals surface area contributed by atoms with Gasteiger partial charge in [-0.2, -0.15) is 0 Å². The number of benzene rings is 1. The quantitative estimate of drug-likeness (QED) is 0.715. The second-order valence-corrected chi connectivity index (χ2v) is 5.30. The van der Waals surface area contributed by atoms with Crippen LogP contribution in [0.15, 0.2) is 39.6 Å². The Balaban J connectivity index is 2.86. The van der Waals surface area contributed by atoms with Gasteiger partial charge in [0.25, 0.3) is 0 Å². The van der Waals surface area contributed by atoms with E-state index in [4.69, 9.17) is 4.74 Å². The fraction of sp³-hybridized carbons (Fsp3) is 0.400. The average Bonchev–Trinajstić information content (AvgIpc) is 2.19. The Hall–Kier alpha value is -0.870. The normalized spacial score (nSPS) is 14.7. The lowest BCUT2D eigenvalue weighted by atomic mass is 10.4. The average molecular weight is 213 g/mol. The summed E-state index contributed by atoms with van der Waals surface area (Å²) in [5, 5.41) is 0. The van der Waals surface area contributed by atoms with E-state index >= 15 is 0 Å². The number of hydrogen-bond donors (Lipinski definition) is 0. The molecule has 0 aromatic heterocycles. The number of rotatable bonds is 4. The van der Waals surface area contributed by atoms with Gasteiger partial charge in [0.1, 0.15) is 0 Å². The largest absolute Gasteiger partial charge is 0.383 e. The van der Waals surface area contributed by atoms with Gasteiger partial charge in [0, 0.05) is 18.3 Å². The van der Waals surface area contributed by atoms with Crippen molar-refractivity contribution in [3.63, 3.8) is 0 Å². The summed E-state index contributed by atoms with van der Waals surface area (Å²) in [6, 6.07) is 9.29. The third-order valence-electron chi connectivity index (χ3n) is 1.81. The summed E-state index contributed by atoms with van der Waals surface area (Å²) in [6.45, 7) is 0.985. The van der Waals surface area contributed by atoms with Crippen LogP contribution in [0.25, 0.3) is 0 Å². The molecule has 0 heterocycles. The van der Waals surface area contributed by atoms with Crippen LogP contribution in [-0.4, -0.2) is 30.7 Å². The summed E-state index contributed by atoms with van der Waals surface area (Å²) in [4.78, 5) is 0.774. The third kappa shape index (κ3) is 3.12. The fourth-order valence-corrected chi connectivity index (χ4v) is 2.28. The third-order valence-corrected chi connectivity index (χ3v) is 3.64. The van der Waals surface area contributed by atoms with Crippen LogP contribution in [0.4, 0.5) is 0 Å².